The zero-order valence-corrected chi connectivity index (χ0v) is 26.9. The molecule has 0 bridgehead atoms. The molecule has 0 aliphatic heterocycles. The topological polar surface area (TPSA) is 111 Å². The molecule has 1 aromatic rings. The van der Waals surface area contributed by atoms with Crippen LogP contribution in [0.25, 0.3) is 0 Å². The second-order valence-corrected chi connectivity index (χ2v) is 10.0. The summed E-state index contributed by atoms with van der Waals surface area (Å²) in [4.78, 5) is 9.80. The lowest BCUT2D eigenvalue weighted by Crippen LogP contribution is -2.30. The van der Waals surface area contributed by atoms with E-state index in [-0.39, 0.29) is 31.0 Å². The van der Waals surface area contributed by atoms with E-state index in [1.807, 2.05) is 32.0 Å². The number of rotatable bonds is 27. The number of carboxylic acids is 1. The summed E-state index contributed by atoms with van der Waals surface area (Å²) in [5, 5.41) is 8.05. The predicted octanol–water partition coefficient (Wildman–Crippen LogP) is 5.15. The highest BCUT2D eigenvalue weighted by molar-refractivity contribution is 5.67. The molecule has 1 aromatic carbocycles. The van der Waals surface area contributed by atoms with Crippen molar-refractivity contribution in [3.05, 3.63) is 35.9 Å². The number of hydrogen-bond donors (Lipinski definition) is 1. The van der Waals surface area contributed by atoms with Gasteiger partial charge in [-0.1, -0.05) is 50.6 Å². The molecule has 0 saturated carbocycles. The molecule has 0 aliphatic rings. The number of methoxy groups -OCH3 is 2. The van der Waals surface area contributed by atoms with Crippen LogP contribution < -0.4 is 0 Å². The standard InChI is InChI=1S/C27H48O6.C5H10O4/c1-6-11-26(32-16-14-28-5)21-27(33-19-18-30-23(3)4)20-25(7-2)31-17-15-29-22-24-12-9-8-10-13-24;1-8-2-3-9-4-5(6)7/h8-10,12-13,23,25-27H,6-7,11,14-22H2,1-5H3;2-4H2,1H3,(H,6,7). The maximum atomic E-state index is 9.80. The van der Waals surface area contributed by atoms with Crippen molar-refractivity contribution in [2.75, 3.05) is 73.7 Å². The van der Waals surface area contributed by atoms with E-state index in [1.54, 1.807) is 7.11 Å². The van der Waals surface area contributed by atoms with Gasteiger partial charge in [-0.25, -0.2) is 4.79 Å². The van der Waals surface area contributed by atoms with Crippen molar-refractivity contribution in [3.63, 3.8) is 0 Å². The van der Waals surface area contributed by atoms with E-state index in [1.165, 1.54) is 12.7 Å². The molecule has 0 spiro atoms. The number of carbonyl (C=O) groups is 1. The molecular weight excluding hydrogens is 544 g/mol. The Hall–Kier alpha value is -1.63. The SMILES string of the molecule is CCCC(CC(CC(CC)OCCOCc1ccccc1)OCCOC(C)C)OCCOC.COCCOCC(=O)O. The summed E-state index contributed by atoms with van der Waals surface area (Å²) in [6.45, 7) is 13.1. The molecule has 0 aliphatic carbocycles. The Bertz CT molecular complexity index is 704. The molecule has 246 valence electrons. The molecular formula is C32H58O10. The van der Waals surface area contributed by atoms with Crippen molar-refractivity contribution >= 4 is 5.97 Å². The van der Waals surface area contributed by atoms with Crippen molar-refractivity contribution in [2.45, 2.75) is 90.8 Å². The Morgan fingerprint density at radius 3 is 1.88 bits per heavy atom. The number of ether oxygens (including phenoxy) is 8. The van der Waals surface area contributed by atoms with Crippen LogP contribution in [0.4, 0.5) is 0 Å². The second-order valence-electron chi connectivity index (χ2n) is 10.0. The van der Waals surface area contributed by atoms with Gasteiger partial charge in [-0.2, -0.15) is 0 Å². The summed E-state index contributed by atoms with van der Waals surface area (Å²) in [6, 6.07) is 10.2. The smallest absolute Gasteiger partial charge is 0.329 e. The quantitative estimate of drug-likeness (QED) is 0.136. The van der Waals surface area contributed by atoms with E-state index in [4.69, 9.17) is 33.5 Å². The van der Waals surface area contributed by atoms with Crippen molar-refractivity contribution in [2.24, 2.45) is 0 Å². The Morgan fingerprint density at radius 2 is 1.26 bits per heavy atom. The monoisotopic (exact) mass is 602 g/mol. The Morgan fingerprint density at radius 1 is 0.714 bits per heavy atom. The molecule has 1 N–H and O–H groups in total. The fourth-order valence-corrected chi connectivity index (χ4v) is 3.90. The summed E-state index contributed by atoms with van der Waals surface area (Å²) in [6.07, 6.45) is 5.27. The zero-order chi connectivity index (χ0) is 31.3. The molecule has 0 heterocycles. The van der Waals surface area contributed by atoms with Crippen LogP contribution in [0.1, 0.15) is 65.4 Å². The van der Waals surface area contributed by atoms with Crippen LogP contribution in [0.5, 0.6) is 0 Å². The highest BCUT2D eigenvalue weighted by Crippen LogP contribution is 2.19. The molecule has 0 fully saturated rings. The van der Waals surface area contributed by atoms with Crippen LogP contribution in [0, 0.1) is 0 Å². The van der Waals surface area contributed by atoms with Crippen LogP contribution in [-0.4, -0.2) is 109 Å². The maximum Gasteiger partial charge on any atom is 0.329 e. The number of carboxylic acid groups (broad SMARTS) is 1. The molecule has 0 radical (unpaired) electrons. The first kappa shape index (κ1) is 40.4. The van der Waals surface area contributed by atoms with E-state index < -0.39 is 5.97 Å². The minimum atomic E-state index is -0.953. The van der Waals surface area contributed by atoms with E-state index in [0.717, 1.165) is 32.1 Å². The van der Waals surface area contributed by atoms with Crippen LogP contribution >= 0.6 is 0 Å². The number of hydrogen-bond acceptors (Lipinski definition) is 9. The molecule has 3 atom stereocenters. The minimum absolute atomic E-state index is 0.0649. The summed E-state index contributed by atoms with van der Waals surface area (Å²) in [7, 11) is 3.23. The van der Waals surface area contributed by atoms with Crippen molar-refractivity contribution in [1.82, 2.24) is 0 Å². The summed E-state index contributed by atoms with van der Waals surface area (Å²) in [5.74, 6) is -0.953. The van der Waals surface area contributed by atoms with E-state index in [2.05, 4.69) is 35.5 Å². The largest absolute Gasteiger partial charge is 0.480 e. The van der Waals surface area contributed by atoms with Crippen LogP contribution in [0.15, 0.2) is 30.3 Å². The van der Waals surface area contributed by atoms with Gasteiger partial charge in [-0.15, -0.1) is 0 Å². The lowest BCUT2D eigenvalue weighted by Gasteiger charge is -2.27. The van der Waals surface area contributed by atoms with Gasteiger partial charge in [0.1, 0.15) is 6.61 Å². The van der Waals surface area contributed by atoms with Crippen molar-refractivity contribution in [1.29, 1.82) is 0 Å². The number of aliphatic carboxylic acids is 1. The van der Waals surface area contributed by atoms with Crippen LogP contribution in [0.2, 0.25) is 0 Å². The summed E-state index contributed by atoms with van der Waals surface area (Å²) >= 11 is 0. The highest BCUT2D eigenvalue weighted by Gasteiger charge is 2.21. The van der Waals surface area contributed by atoms with Gasteiger partial charge >= 0.3 is 5.97 Å². The molecule has 10 heteroatoms. The first-order valence-electron chi connectivity index (χ1n) is 15.2. The second kappa shape index (κ2) is 29.4. The summed E-state index contributed by atoms with van der Waals surface area (Å²) in [5.41, 5.74) is 1.18. The molecule has 0 aromatic heterocycles. The predicted molar refractivity (Wildman–Crippen MR) is 163 cm³/mol. The first-order chi connectivity index (χ1) is 20.4. The fraction of sp³-hybridized carbons (Fsp3) is 0.781. The van der Waals surface area contributed by atoms with E-state index in [9.17, 15) is 4.79 Å². The van der Waals surface area contributed by atoms with E-state index >= 15 is 0 Å². The third kappa shape index (κ3) is 26.0. The van der Waals surface area contributed by atoms with Gasteiger partial charge in [0.2, 0.25) is 0 Å². The van der Waals surface area contributed by atoms with Gasteiger partial charge in [0.15, 0.2) is 0 Å². The lowest BCUT2D eigenvalue weighted by atomic mass is 10.0. The average Bonchev–Trinajstić information content (AvgIpc) is 2.97. The third-order valence-corrected chi connectivity index (χ3v) is 6.00. The Kier molecular flexibility index (Phi) is 28.3. The normalized spacial score (nSPS) is 13.4. The molecule has 1 rings (SSSR count). The Labute approximate surface area is 254 Å². The highest BCUT2D eigenvalue weighted by atomic mass is 16.6. The maximum absolute atomic E-state index is 9.80. The number of benzene rings is 1. The van der Waals surface area contributed by atoms with Gasteiger partial charge in [0, 0.05) is 14.2 Å². The first-order valence-corrected chi connectivity index (χ1v) is 15.2. The average molecular weight is 603 g/mol. The van der Waals surface area contributed by atoms with Crippen LogP contribution in [0.3, 0.4) is 0 Å². The molecule has 3 unspecified atom stereocenters. The van der Waals surface area contributed by atoms with E-state index in [0.29, 0.717) is 59.5 Å². The Balaban J connectivity index is 0.00000160. The molecule has 0 saturated heterocycles. The molecule has 42 heavy (non-hydrogen) atoms. The van der Waals surface area contributed by atoms with Gasteiger partial charge < -0.3 is 43.0 Å². The van der Waals surface area contributed by atoms with Crippen molar-refractivity contribution in [3.8, 4) is 0 Å². The molecule has 10 nitrogen and oxygen atoms in total. The fourth-order valence-electron chi connectivity index (χ4n) is 3.90. The minimum Gasteiger partial charge on any atom is -0.480 e. The third-order valence-electron chi connectivity index (χ3n) is 6.00. The summed E-state index contributed by atoms with van der Waals surface area (Å²) < 4.78 is 44.3. The van der Waals surface area contributed by atoms with Crippen LogP contribution in [-0.2, 0) is 49.3 Å². The van der Waals surface area contributed by atoms with Gasteiger partial charge in [0.05, 0.1) is 83.9 Å². The van der Waals surface area contributed by atoms with Crippen molar-refractivity contribution < 1.29 is 47.8 Å². The zero-order valence-electron chi connectivity index (χ0n) is 26.9. The van der Waals surface area contributed by atoms with Gasteiger partial charge in [0.25, 0.3) is 0 Å². The molecule has 0 amide bonds. The lowest BCUT2D eigenvalue weighted by molar-refractivity contribution is -0.142. The van der Waals surface area contributed by atoms with Gasteiger partial charge in [-0.3, -0.25) is 0 Å². The van der Waals surface area contributed by atoms with Gasteiger partial charge in [-0.05, 0) is 45.1 Å².